The van der Waals surface area contributed by atoms with Crippen molar-refractivity contribution in [2.45, 2.75) is 13.3 Å². The third-order valence-electron chi connectivity index (χ3n) is 4.48. The first kappa shape index (κ1) is 18.2. The summed E-state index contributed by atoms with van der Waals surface area (Å²) < 4.78 is 0. The van der Waals surface area contributed by atoms with Crippen LogP contribution in [0.5, 0.6) is 0 Å². The Morgan fingerprint density at radius 1 is 1.12 bits per heavy atom. The predicted octanol–water partition coefficient (Wildman–Crippen LogP) is 3.58. The average Bonchev–Trinajstić information content (AvgIpc) is 2.64. The van der Waals surface area contributed by atoms with Gasteiger partial charge in [-0.3, -0.25) is 0 Å². The second kappa shape index (κ2) is 8.70. The van der Waals surface area contributed by atoms with Gasteiger partial charge in [0.1, 0.15) is 5.82 Å². The molecule has 2 aromatic rings. The molecule has 1 saturated heterocycles. The highest BCUT2D eigenvalue weighted by Crippen LogP contribution is 2.21. The van der Waals surface area contributed by atoms with Gasteiger partial charge in [-0.2, -0.15) is 4.98 Å². The molecule has 1 aromatic carbocycles. The summed E-state index contributed by atoms with van der Waals surface area (Å²) in [6.45, 7) is 8.20. The summed E-state index contributed by atoms with van der Waals surface area (Å²) in [6.07, 6.45) is 2.60. The van der Waals surface area contributed by atoms with Gasteiger partial charge in [-0.05, 0) is 36.7 Å². The Morgan fingerprint density at radius 2 is 1.92 bits per heavy atom. The lowest BCUT2D eigenvalue weighted by atomic mass is 10.1. The van der Waals surface area contributed by atoms with Gasteiger partial charge in [0.2, 0.25) is 5.95 Å². The van der Waals surface area contributed by atoms with Crippen LogP contribution < -0.4 is 10.2 Å². The molecule has 0 atom stereocenters. The van der Waals surface area contributed by atoms with E-state index in [0.717, 1.165) is 50.5 Å². The standard InChI is InChI=1S/C18H23Cl2N5/c1-2-24-9-11-25(12-10-24)17-6-8-22-18(23-17)21-7-5-14-3-4-15(19)13-16(14)20/h3-4,6,8,13H,2,5,7,9-12H2,1H3,(H,21,22,23). The van der Waals surface area contributed by atoms with E-state index in [4.69, 9.17) is 23.2 Å². The van der Waals surface area contributed by atoms with Crippen molar-refractivity contribution in [2.75, 3.05) is 49.5 Å². The van der Waals surface area contributed by atoms with Crippen molar-refractivity contribution in [2.24, 2.45) is 0 Å². The summed E-state index contributed by atoms with van der Waals surface area (Å²) in [5.41, 5.74) is 1.06. The molecule has 1 N–H and O–H groups in total. The van der Waals surface area contributed by atoms with E-state index < -0.39 is 0 Å². The number of likely N-dealkylation sites (N-methyl/N-ethyl adjacent to an activating group) is 1. The summed E-state index contributed by atoms with van der Waals surface area (Å²) >= 11 is 12.1. The van der Waals surface area contributed by atoms with Crippen LogP contribution in [0.4, 0.5) is 11.8 Å². The van der Waals surface area contributed by atoms with Crippen molar-refractivity contribution in [3.63, 3.8) is 0 Å². The molecule has 0 radical (unpaired) electrons. The number of piperazine rings is 1. The fraction of sp³-hybridized carbons (Fsp3) is 0.444. The highest BCUT2D eigenvalue weighted by molar-refractivity contribution is 6.35. The lowest BCUT2D eigenvalue weighted by Gasteiger charge is -2.34. The lowest BCUT2D eigenvalue weighted by molar-refractivity contribution is 0.270. The van der Waals surface area contributed by atoms with E-state index in [0.29, 0.717) is 22.5 Å². The fourth-order valence-electron chi connectivity index (χ4n) is 2.94. The topological polar surface area (TPSA) is 44.3 Å². The number of hydrogen-bond donors (Lipinski definition) is 1. The van der Waals surface area contributed by atoms with Crippen LogP contribution in [-0.4, -0.2) is 54.1 Å². The van der Waals surface area contributed by atoms with Crippen LogP contribution in [0.3, 0.4) is 0 Å². The monoisotopic (exact) mass is 379 g/mol. The van der Waals surface area contributed by atoms with E-state index in [9.17, 15) is 0 Å². The van der Waals surface area contributed by atoms with Gasteiger partial charge in [0.25, 0.3) is 0 Å². The lowest BCUT2D eigenvalue weighted by Crippen LogP contribution is -2.46. The van der Waals surface area contributed by atoms with Gasteiger partial charge < -0.3 is 15.1 Å². The second-order valence-electron chi connectivity index (χ2n) is 6.07. The summed E-state index contributed by atoms with van der Waals surface area (Å²) in [7, 11) is 0. The largest absolute Gasteiger partial charge is 0.354 e. The van der Waals surface area contributed by atoms with Crippen molar-refractivity contribution >= 4 is 35.0 Å². The van der Waals surface area contributed by atoms with Gasteiger partial charge in [0.15, 0.2) is 0 Å². The second-order valence-corrected chi connectivity index (χ2v) is 6.92. The maximum atomic E-state index is 6.21. The average molecular weight is 380 g/mol. The molecular formula is C18H23Cl2N5. The Balaban J connectivity index is 1.55. The van der Waals surface area contributed by atoms with Crippen LogP contribution in [0, 0.1) is 0 Å². The Labute approximate surface area is 159 Å². The van der Waals surface area contributed by atoms with Gasteiger partial charge in [0.05, 0.1) is 0 Å². The van der Waals surface area contributed by atoms with E-state index in [1.807, 2.05) is 24.4 Å². The molecule has 1 fully saturated rings. The first-order chi connectivity index (χ1) is 12.2. The maximum absolute atomic E-state index is 6.21. The zero-order chi connectivity index (χ0) is 17.6. The Bertz CT molecular complexity index is 702. The molecule has 1 aliphatic heterocycles. The third kappa shape index (κ3) is 4.97. The van der Waals surface area contributed by atoms with Crippen LogP contribution in [0.1, 0.15) is 12.5 Å². The van der Waals surface area contributed by atoms with Crippen LogP contribution in [0.25, 0.3) is 0 Å². The third-order valence-corrected chi connectivity index (χ3v) is 5.06. The van der Waals surface area contributed by atoms with Crippen molar-refractivity contribution in [3.05, 3.63) is 46.1 Å². The summed E-state index contributed by atoms with van der Waals surface area (Å²) in [5.74, 6) is 1.64. The molecule has 0 aliphatic carbocycles. The SMILES string of the molecule is CCN1CCN(c2ccnc(NCCc3ccc(Cl)cc3Cl)n2)CC1. The van der Waals surface area contributed by atoms with Gasteiger partial charge in [-0.15, -0.1) is 0 Å². The molecule has 0 spiro atoms. The Morgan fingerprint density at radius 3 is 2.64 bits per heavy atom. The molecule has 7 heteroatoms. The van der Waals surface area contributed by atoms with Gasteiger partial charge in [-0.25, -0.2) is 4.98 Å². The molecule has 0 amide bonds. The molecular weight excluding hydrogens is 357 g/mol. The van der Waals surface area contributed by atoms with Gasteiger partial charge >= 0.3 is 0 Å². The minimum absolute atomic E-state index is 0.653. The molecule has 5 nitrogen and oxygen atoms in total. The molecule has 134 valence electrons. The number of anilines is 2. The number of benzene rings is 1. The maximum Gasteiger partial charge on any atom is 0.224 e. The molecule has 1 aliphatic rings. The van der Waals surface area contributed by atoms with Crippen LogP contribution >= 0.6 is 23.2 Å². The van der Waals surface area contributed by atoms with Crippen LogP contribution in [-0.2, 0) is 6.42 Å². The number of nitrogens with one attached hydrogen (secondary N) is 1. The Hall–Kier alpha value is -1.56. The quantitative estimate of drug-likeness (QED) is 0.830. The summed E-state index contributed by atoms with van der Waals surface area (Å²) in [5, 5.41) is 4.63. The van der Waals surface area contributed by atoms with E-state index >= 15 is 0 Å². The first-order valence-electron chi connectivity index (χ1n) is 8.64. The minimum atomic E-state index is 0.653. The number of nitrogens with zero attached hydrogens (tertiary/aromatic N) is 4. The van der Waals surface area contributed by atoms with Crippen molar-refractivity contribution in [1.29, 1.82) is 0 Å². The number of hydrogen-bond acceptors (Lipinski definition) is 5. The molecule has 0 saturated carbocycles. The predicted molar refractivity (Wildman–Crippen MR) is 105 cm³/mol. The van der Waals surface area contributed by atoms with E-state index in [1.54, 1.807) is 6.07 Å². The van der Waals surface area contributed by atoms with Gasteiger partial charge in [-0.1, -0.05) is 36.2 Å². The molecule has 0 bridgehead atoms. The molecule has 1 aromatic heterocycles. The van der Waals surface area contributed by atoms with Crippen molar-refractivity contribution in [1.82, 2.24) is 14.9 Å². The molecule has 0 unspecified atom stereocenters. The summed E-state index contributed by atoms with van der Waals surface area (Å²) in [6, 6.07) is 7.56. The Kier molecular flexibility index (Phi) is 6.34. The first-order valence-corrected chi connectivity index (χ1v) is 9.39. The highest BCUT2D eigenvalue weighted by Gasteiger charge is 2.17. The molecule has 3 rings (SSSR count). The smallest absolute Gasteiger partial charge is 0.224 e. The fourth-order valence-corrected chi connectivity index (χ4v) is 3.44. The number of halogens is 2. The number of rotatable bonds is 6. The van der Waals surface area contributed by atoms with Crippen molar-refractivity contribution in [3.8, 4) is 0 Å². The zero-order valence-corrected chi connectivity index (χ0v) is 15.9. The number of aromatic nitrogens is 2. The minimum Gasteiger partial charge on any atom is -0.354 e. The normalized spacial score (nSPS) is 15.4. The van der Waals surface area contributed by atoms with Gasteiger partial charge in [0, 0.05) is 49.0 Å². The van der Waals surface area contributed by atoms with E-state index in [2.05, 4.69) is 32.0 Å². The summed E-state index contributed by atoms with van der Waals surface area (Å²) in [4.78, 5) is 13.7. The van der Waals surface area contributed by atoms with Crippen LogP contribution in [0.2, 0.25) is 10.0 Å². The van der Waals surface area contributed by atoms with E-state index in [-0.39, 0.29) is 0 Å². The van der Waals surface area contributed by atoms with Crippen molar-refractivity contribution < 1.29 is 0 Å². The highest BCUT2D eigenvalue weighted by atomic mass is 35.5. The molecule has 2 heterocycles. The van der Waals surface area contributed by atoms with E-state index in [1.165, 1.54) is 0 Å². The molecule has 25 heavy (non-hydrogen) atoms. The van der Waals surface area contributed by atoms with Crippen LogP contribution in [0.15, 0.2) is 30.5 Å². The zero-order valence-electron chi connectivity index (χ0n) is 14.4.